The molecule has 3 rings (SSSR count). The Morgan fingerprint density at radius 1 is 0.944 bits per heavy atom. The van der Waals surface area contributed by atoms with Crippen LogP contribution in [0.3, 0.4) is 0 Å². The molecular formula is C15H13NO2. The predicted octanol–water partition coefficient (Wildman–Crippen LogP) is 3.30. The number of hydrogen-bond acceptors (Lipinski definition) is 3. The Balaban J connectivity index is 2.03. The summed E-state index contributed by atoms with van der Waals surface area (Å²) < 4.78 is 0. The molecule has 1 aromatic heterocycles. The van der Waals surface area contributed by atoms with Crippen molar-refractivity contribution < 1.29 is 10.2 Å². The summed E-state index contributed by atoms with van der Waals surface area (Å²) in [5.74, 6) is 0.657. The molecule has 3 heteroatoms. The second-order valence-corrected chi connectivity index (χ2v) is 4.45. The predicted molar refractivity (Wildman–Crippen MR) is 70.3 cm³/mol. The molecule has 0 spiro atoms. The van der Waals surface area contributed by atoms with Crippen LogP contribution in [0.4, 0.5) is 0 Å². The summed E-state index contributed by atoms with van der Waals surface area (Å²) in [6, 6.07) is 9.17. The molecule has 1 aromatic carbocycles. The minimum absolute atomic E-state index is 0.262. The molecule has 0 saturated heterocycles. The second kappa shape index (κ2) is 4.18. The highest BCUT2D eigenvalue weighted by Gasteiger charge is 2.11. The van der Waals surface area contributed by atoms with E-state index in [4.69, 9.17) is 0 Å². The van der Waals surface area contributed by atoms with Crippen LogP contribution in [0, 0.1) is 0 Å². The number of aromatic nitrogens is 1. The Labute approximate surface area is 105 Å². The summed E-state index contributed by atoms with van der Waals surface area (Å²) in [6.07, 6.45) is 5.00. The van der Waals surface area contributed by atoms with Gasteiger partial charge < -0.3 is 10.2 Å². The summed E-state index contributed by atoms with van der Waals surface area (Å²) in [5, 5.41) is 18.7. The van der Waals surface area contributed by atoms with Crippen LogP contribution in [-0.4, -0.2) is 15.2 Å². The van der Waals surface area contributed by atoms with E-state index in [-0.39, 0.29) is 5.75 Å². The highest BCUT2D eigenvalue weighted by molar-refractivity contribution is 5.67. The summed E-state index contributed by atoms with van der Waals surface area (Å²) >= 11 is 0. The fourth-order valence-corrected chi connectivity index (χ4v) is 2.16. The van der Waals surface area contributed by atoms with Crippen molar-refractivity contribution in [2.75, 3.05) is 0 Å². The van der Waals surface area contributed by atoms with E-state index in [0.717, 1.165) is 28.8 Å². The highest BCUT2D eigenvalue weighted by Crippen LogP contribution is 2.27. The largest absolute Gasteiger partial charge is 0.512 e. The number of benzene rings is 1. The van der Waals surface area contributed by atoms with Crippen molar-refractivity contribution in [2.24, 2.45) is 0 Å². The lowest BCUT2D eigenvalue weighted by atomic mass is 9.97. The molecule has 2 aromatic rings. The molecule has 1 aliphatic rings. The lowest BCUT2D eigenvalue weighted by molar-refractivity contribution is 0.391. The molecule has 1 heterocycles. The summed E-state index contributed by atoms with van der Waals surface area (Å²) in [6.45, 7) is 0. The fraction of sp³-hybridized carbons (Fsp3) is 0.133. The van der Waals surface area contributed by atoms with Crippen LogP contribution in [0.25, 0.3) is 17.2 Å². The maximum atomic E-state index is 9.47. The number of hydrogen-bond donors (Lipinski definition) is 2. The Morgan fingerprint density at radius 3 is 2.50 bits per heavy atom. The van der Waals surface area contributed by atoms with Gasteiger partial charge in [0.05, 0.1) is 11.5 Å². The summed E-state index contributed by atoms with van der Waals surface area (Å²) in [7, 11) is 0. The van der Waals surface area contributed by atoms with Gasteiger partial charge in [-0.25, -0.2) is 0 Å². The molecular weight excluding hydrogens is 226 g/mol. The van der Waals surface area contributed by atoms with Gasteiger partial charge in [-0.3, -0.25) is 4.98 Å². The number of aryl methyl sites for hydroxylation is 1. The molecule has 0 amide bonds. The number of aliphatic hydroxyl groups is 1. The van der Waals surface area contributed by atoms with Crippen LogP contribution >= 0.6 is 0 Å². The molecule has 0 aliphatic heterocycles. The molecule has 0 bridgehead atoms. The summed E-state index contributed by atoms with van der Waals surface area (Å²) in [4.78, 5) is 4.37. The Morgan fingerprint density at radius 2 is 1.72 bits per heavy atom. The van der Waals surface area contributed by atoms with Crippen LogP contribution in [0.5, 0.6) is 5.75 Å². The zero-order chi connectivity index (χ0) is 12.5. The number of pyridine rings is 1. The number of nitrogens with zero attached hydrogens (tertiary/aromatic N) is 1. The monoisotopic (exact) mass is 239 g/mol. The number of phenols is 1. The Hall–Kier alpha value is -2.29. The van der Waals surface area contributed by atoms with E-state index in [1.807, 2.05) is 12.1 Å². The van der Waals surface area contributed by atoms with Crippen molar-refractivity contribution in [3.8, 4) is 16.9 Å². The molecule has 90 valence electrons. The van der Waals surface area contributed by atoms with E-state index in [0.29, 0.717) is 12.2 Å². The summed E-state index contributed by atoms with van der Waals surface area (Å²) in [5.41, 5.74) is 4.06. The molecule has 1 aliphatic carbocycles. The van der Waals surface area contributed by atoms with Crippen LogP contribution in [0.15, 0.2) is 42.3 Å². The van der Waals surface area contributed by atoms with Crippen molar-refractivity contribution in [2.45, 2.75) is 12.8 Å². The van der Waals surface area contributed by atoms with Gasteiger partial charge in [-0.2, -0.15) is 0 Å². The van der Waals surface area contributed by atoms with E-state index in [9.17, 15) is 10.2 Å². The van der Waals surface area contributed by atoms with E-state index in [2.05, 4.69) is 11.1 Å². The number of allylic oxidation sites excluding steroid dienone is 1. The average molecular weight is 239 g/mol. The first kappa shape index (κ1) is 10.8. The maximum Gasteiger partial charge on any atom is 0.115 e. The second-order valence-electron chi connectivity index (χ2n) is 4.45. The Bertz CT molecular complexity index is 615. The van der Waals surface area contributed by atoms with Gasteiger partial charge in [0.1, 0.15) is 5.75 Å². The van der Waals surface area contributed by atoms with E-state index in [1.54, 1.807) is 24.4 Å². The normalized spacial score (nSPS) is 13.9. The van der Waals surface area contributed by atoms with E-state index < -0.39 is 0 Å². The topological polar surface area (TPSA) is 53.4 Å². The molecule has 18 heavy (non-hydrogen) atoms. The van der Waals surface area contributed by atoms with Crippen LogP contribution in [0.1, 0.15) is 17.7 Å². The molecule has 0 saturated carbocycles. The minimum atomic E-state index is 0.262. The maximum absolute atomic E-state index is 9.47. The van der Waals surface area contributed by atoms with Gasteiger partial charge in [-0.15, -0.1) is 0 Å². The van der Waals surface area contributed by atoms with Crippen LogP contribution in [-0.2, 0) is 6.42 Å². The zero-order valence-corrected chi connectivity index (χ0v) is 9.80. The molecule has 0 unspecified atom stereocenters. The third kappa shape index (κ3) is 1.95. The van der Waals surface area contributed by atoms with Crippen LogP contribution in [0.2, 0.25) is 0 Å². The molecule has 0 atom stereocenters. The number of fused-ring (bicyclic) bond motifs is 1. The molecule has 0 fully saturated rings. The minimum Gasteiger partial charge on any atom is -0.512 e. The molecule has 2 N–H and O–H groups in total. The standard InChI is InChI=1S/C15H13NO2/c17-13-4-1-10(2-5-13)12-7-11-3-6-14(18)8-15(11)16-9-12/h1-2,4-5,7-9,17-18H,3,6H2. The van der Waals surface area contributed by atoms with Gasteiger partial charge >= 0.3 is 0 Å². The van der Waals surface area contributed by atoms with Crippen molar-refractivity contribution >= 4 is 6.08 Å². The SMILES string of the molecule is OC1=Cc2ncc(-c3ccc(O)cc3)cc2CC1. The quantitative estimate of drug-likeness (QED) is 0.802. The van der Waals surface area contributed by atoms with Gasteiger partial charge in [0, 0.05) is 24.3 Å². The lowest BCUT2D eigenvalue weighted by Crippen LogP contribution is -2.01. The van der Waals surface area contributed by atoms with Crippen LogP contribution < -0.4 is 0 Å². The Kier molecular flexibility index (Phi) is 2.52. The first-order valence-electron chi connectivity index (χ1n) is 5.90. The van der Waals surface area contributed by atoms with E-state index >= 15 is 0 Å². The third-order valence-corrected chi connectivity index (χ3v) is 3.16. The van der Waals surface area contributed by atoms with Gasteiger partial charge in [0.2, 0.25) is 0 Å². The molecule has 3 nitrogen and oxygen atoms in total. The fourth-order valence-electron chi connectivity index (χ4n) is 2.16. The zero-order valence-electron chi connectivity index (χ0n) is 9.80. The lowest BCUT2D eigenvalue weighted by Gasteiger charge is -2.13. The number of aliphatic hydroxyl groups excluding tert-OH is 1. The van der Waals surface area contributed by atoms with Crippen molar-refractivity contribution in [3.63, 3.8) is 0 Å². The first-order valence-corrected chi connectivity index (χ1v) is 5.90. The van der Waals surface area contributed by atoms with Crippen molar-refractivity contribution in [1.82, 2.24) is 4.98 Å². The van der Waals surface area contributed by atoms with Gasteiger partial charge in [0.15, 0.2) is 0 Å². The van der Waals surface area contributed by atoms with Crippen molar-refractivity contribution in [3.05, 3.63) is 53.5 Å². The van der Waals surface area contributed by atoms with Gasteiger partial charge in [0.25, 0.3) is 0 Å². The number of phenolic OH excluding ortho intramolecular Hbond substituents is 1. The highest BCUT2D eigenvalue weighted by atomic mass is 16.3. The smallest absolute Gasteiger partial charge is 0.115 e. The number of aromatic hydroxyl groups is 1. The first-order chi connectivity index (χ1) is 8.72. The van der Waals surface area contributed by atoms with Crippen molar-refractivity contribution in [1.29, 1.82) is 0 Å². The average Bonchev–Trinajstić information content (AvgIpc) is 2.39. The number of rotatable bonds is 1. The van der Waals surface area contributed by atoms with E-state index in [1.165, 1.54) is 0 Å². The third-order valence-electron chi connectivity index (χ3n) is 3.16. The molecule has 0 radical (unpaired) electrons. The van der Waals surface area contributed by atoms with Gasteiger partial charge in [-0.1, -0.05) is 12.1 Å². The van der Waals surface area contributed by atoms with Gasteiger partial charge in [-0.05, 0) is 35.7 Å².